The standard InChI is InChI=1S/C13H9BrClN3O3/c14-12-8(18(19)20)4-2-6-10(12)21-9-5-1-3-7(15)11(9)13(16)17/h1-6H,(H3,16,17). The summed E-state index contributed by atoms with van der Waals surface area (Å²) in [6.45, 7) is 0. The van der Waals surface area contributed by atoms with Gasteiger partial charge in [0.05, 0.1) is 15.5 Å². The van der Waals surface area contributed by atoms with Crippen LogP contribution in [0.15, 0.2) is 40.9 Å². The highest BCUT2D eigenvalue weighted by atomic mass is 79.9. The number of benzene rings is 2. The topological polar surface area (TPSA) is 102 Å². The zero-order valence-corrected chi connectivity index (χ0v) is 12.8. The van der Waals surface area contributed by atoms with Crippen LogP contribution in [0.4, 0.5) is 5.69 Å². The summed E-state index contributed by atoms with van der Waals surface area (Å²) in [7, 11) is 0. The van der Waals surface area contributed by atoms with Crippen molar-refractivity contribution >= 4 is 39.1 Å². The molecule has 6 nitrogen and oxygen atoms in total. The van der Waals surface area contributed by atoms with E-state index in [0.29, 0.717) is 0 Å². The lowest BCUT2D eigenvalue weighted by Gasteiger charge is -2.12. The molecular weight excluding hydrogens is 362 g/mol. The fraction of sp³-hybridized carbons (Fsp3) is 0. The van der Waals surface area contributed by atoms with Crippen LogP contribution in [0.3, 0.4) is 0 Å². The Balaban J connectivity index is 2.49. The van der Waals surface area contributed by atoms with Crippen LogP contribution in [0, 0.1) is 15.5 Å². The monoisotopic (exact) mass is 369 g/mol. The van der Waals surface area contributed by atoms with Gasteiger partial charge in [0, 0.05) is 6.07 Å². The second-order valence-corrected chi connectivity index (χ2v) is 5.18. The van der Waals surface area contributed by atoms with Gasteiger partial charge in [0.1, 0.15) is 21.8 Å². The van der Waals surface area contributed by atoms with Crippen LogP contribution < -0.4 is 10.5 Å². The maximum absolute atomic E-state index is 10.9. The van der Waals surface area contributed by atoms with Crippen LogP contribution in [0.2, 0.25) is 5.02 Å². The molecule has 0 amide bonds. The molecule has 3 N–H and O–H groups in total. The van der Waals surface area contributed by atoms with E-state index in [1.54, 1.807) is 24.3 Å². The van der Waals surface area contributed by atoms with E-state index in [1.807, 2.05) is 0 Å². The molecular formula is C13H9BrClN3O3. The van der Waals surface area contributed by atoms with Gasteiger partial charge in [-0.1, -0.05) is 23.7 Å². The van der Waals surface area contributed by atoms with Crippen molar-refractivity contribution < 1.29 is 9.66 Å². The maximum Gasteiger partial charge on any atom is 0.287 e. The van der Waals surface area contributed by atoms with E-state index in [4.69, 9.17) is 27.5 Å². The fourth-order valence-electron chi connectivity index (χ4n) is 1.69. The Morgan fingerprint density at radius 2 is 1.90 bits per heavy atom. The number of nitro groups is 1. The molecule has 2 aromatic carbocycles. The van der Waals surface area contributed by atoms with Crippen molar-refractivity contribution in [3.63, 3.8) is 0 Å². The molecule has 0 aliphatic carbocycles. The highest BCUT2D eigenvalue weighted by Crippen LogP contribution is 2.38. The van der Waals surface area contributed by atoms with Crippen LogP contribution in [0.25, 0.3) is 0 Å². The Morgan fingerprint density at radius 3 is 2.52 bits per heavy atom. The number of halogens is 2. The van der Waals surface area contributed by atoms with Gasteiger partial charge in [0.2, 0.25) is 0 Å². The largest absolute Gasteiger partial charge is 0.455 e. The molecule has 0 atom stereocenters. The van der Waals surface area contributed by atoms with E-state index in [1.165, 1.54) is 12.1 Å². The van der Waals surface area contributed by atoms with Crippen molar-refractivity contribution in [3.8, 4) is 11.5 Å². The fourth-order valence-corrected chi connectivity index (χ4v) is 2.45. The summed E-state index contributed by atoms with van der Waals surface area (Å²) >= 11 is 9.13. The summed E-state index contributed by atoms with van der Waals surface area (Å²) in [5, 5.41) is 18.7. The SMILES string of the molecule is N=C(N)c1c(Cl)cccc1Oc1cccc([N+](=O)[O-])c1Br. The van der Waals surface area contributed by atoms with Crippen LogP contribution in [0.5, 0.6) is 11.5 Å². The molecule has 0 unspecified atom stereocenters. The normalized spacial score (nSPS) is 10.2. The highest BCUT2D eigenvalue weighted by Gasteiger charge is 2.18. The minimum absolute atomic E-state index is 0.126. The molecule has 0 spiro atoms. The smallest absolute Gasteiger partial charge is 0.287 e. The second-order valence-electron chi connectivity index (χ2n) is 3.98. The zero-order chi connectivity index (χ0) is 15.6. The molecule has 0 aliphatic rings. The number of nitrogens with two attached hydrogens (primary N) is 1. The lowest BCUT2D eigenvalue weighted by molar-refractivity contribution is -0.385. The first kappa shape index (κ1) is 15.3. The van der Waals surface area contributed by atoms with Crippen molar-refractivity contribution in [3.05, 3.63) is 61.6 Å². The predicted octanol–water partition coefficient (Wildman–Crippen LogP) is 4.09. The van der Waals surface area contributed by atoms with E-state index in [9.17, 15) is 10.1 Å². The lowest BCUT2D eigenvalue weighted by Crippen LogP contribution is -2.13. The number of rotatable bonds is 4. The van der Waals surface area contributed by atoms with Crippen molar-refractivity contribution in [1.29, 1.82) is 5.41 Å². The number of nitro benzene ring substituents is 1. The van der Waals surface area contributed by atoms with Crippen molar-refractivity contribution in [2.24, 2.45) is 5.73 Å². The number of hydrogen-bond donors (Lipinski definition) is 2. The molecule has 108 valence electrons. The molecule has 8 heteroatoms. The Labute approximate surface area is 133 Å². The Bertz CT molecular complexity index is 737. The molecule has 0 aromatic heterocycles. The Morgan fingerprint density at radius 1 is 1.29 bits per heavy atom. The summed E-state index contributed by atoms with van der Waals surface area (Å²) in [4.78, 5) is 10.4. The average Bonchev–Trinajstić information content (AvgIpc) is 2.40. The first-order valence-corrected chi connectivity index (χ1v) is 6.82. The summed E-state index contributed by atoms with van der Waals surface area (Å²) in [6.07, 6.45) is 0. The summed E-state index contributed by atoms with van der Waals surface area (Å²) < 4.78 is 5.82. The van der Waals surface area contributed by atoms with Gasteiger partial charge >= 0.3 is 0 Å². The number of ether oxygens (including phenoxy) is 1. The van der Waals surface area contributed by atoms with Crippen LogP contribution in [0.1, 0.15) is 5.56 Å². The maximum atomic E-state index is 10.9. The summed E-state index contributed by atoms with van der Waals surface area (Å²) in [5.41, 5.74) is 5.59. The Kier molecular flexibility index (Phi) is 4.44. The molecule has 0 heterocycles. The van der Waals surface area contributed by atoms with Gasteiger partial charge in [-0.3, -0.25) is 15.5 Å². The molecule has 0 radical (unpaired) electrons. The summed E-state index contributed by atoms with van der Waals surface area (Å²) in [6, 6.07) is 9.19. The third-order valence-electron chi connectivity index (χ3n) is 2.60. The molecule has 0 fully saturated rings. The quantitative estimate of drug-likeness (QED) is 0.366. The van der Waals surface area contributed by atoms with Gasteiger partial charge in [-0.25, -0.2) is 0 Å². The van der Waals surface area contributed by atoms with Gasteiger partial charge in [-0.15, -0.1) is 0 Å². The van der Waals surface area contributed by atoms with E-state index >= 15 is 0 Å². The number of nitrogens with one attached hydrogen (secondary N) is 1. The lowest BCUT2D eigenvalue weighted by atomic mass is 10.2. The van der Waals surface area contributed by atoms with Gasteiger partial charge < -0.3 is 10.5 Å². The van der Waals surface area contributed by atoms with Crippen LogP contribution in [-0.2, 0) is 0 Å². The number of nitrogens with zero attached hydrogens (tertiary/aromatic N) is 1. The minimum atomic E-state index is -0.527. The van der Waals surface area contributed by atoms with E-state index in [2.05, 4.69) is 15.9 Å². The first-order valence-electron chi connectivity index (χ1n) is 5.65. The van der Waals surface area contributed by atoms with Crippen LogP contribution >= 0.6 is 27.5 Å². The predicted molar refractivity (Wildman–Crippen MR) is 83.3 cm³/mol. The molecule has 21 heavy (non-hydrogen) atoms. The van der Waals surface area contributed by atoms with Gasteiger partial charge in [0.25, 0.3) is 5.69 Å². The molecule has 0 saturated heterocycles. The first-order chi connectivity index (χ1) is 9.91. The third-order valence-corrected chi connectivity index (χ3v) is 3.72. The van der Waals surface area contributed by atoms with Gasteiger partial charge in [-0.05, 0) is 34.1 Å². The van der Waals surface area contributed by atoms with Gasteiger partial charge in [0.15, 0.2) is 0 Å². The third kappa shape index (κ3) is 3.14. The van der Waals surface area contributed by atoms with E-state index < -0.39 is 4.92 Å². The number of amidine groups is 1. The van der Waals surface area contributed by atoms with Crippen molar-refractivity contribution in [2.45, 2.75) is 0 Å². The van der Waals surface area contributed by atoms with Gasteiger partial charge in [-0.2, -0.15) is 0 Å². The molecule has 0 aliphatic heterocycles. The van der Waals surface area contributed by atoms with Crippen molar-refractivity contribution in [1.82, 2.24) is 0 Å². The van der Waals surface area contributed by atoms with Crippen molar-refractivity contribution in [2.75, 3.05) is 0 Å². The zero-order valence-electron chi connectivity index (χ0n) is 10.5. The van der Waals surface area contributed by atoms with E-state index in [0.717, 1.165) is 0 Å². The minimum Gasteiger partial charge on any atom is -0.455 e. The molecule has 2 aromatic rings. The molecule has 2 rings (SSSR count). The summed E-state index contributed by atoms with van der Waals surface area (Å²) in [5.74, 6) is 0.224. The second kappa shape index (κ2) is 6.11. The number of hydrogen-bond acceptors (Lipinski definition) is 4. The van der Waals surface area contributed by atoms with Crippen LogP contribution in [-0.4, -0.2) is 10.8 Å². The molecule has 0 saturated carbocycles. The van der Waals surface area contributed by atoms with E-state index in [-0.39, 0.29) is 38.1 Å². The number of nitrogen functional groups attached to an aromatic ring is 1. The average molecular weight is 371 g/mol. The Hall–Kier alpha value is -2.12. The molecule has 0 bridgehead atoms. The highest BCUT2D eigenvalue weighted by molar-refractivity contribution is 9.10.